The summed E-state index contributed by atoms with van der Waals surface area (Å²) in [7, 11) is 0. The number of ether oxygens (including phenoxy) is 1. The van der Waals surface area contributed by atoms with Crippen molar-refractivity contribution in [2.24, 2.45) is 0 Å². The highest BCUT2D eigenvalue weighted by Crippen LogP contribution is 2.23. The summed E-state index contributed by atoms with van der Waals surface area (Å²) in [4.78, 5) is 8.13. The quantitative estimate of drug-likeness (QED) is 0.629. The van der Waals surface area contributed by atoms with Crippen LogP contribution < -0.4 is 4.74 Å². The van der Waals surface area contributed by atoms with Gasteiger partial charge in [0.15, 0.2) is 0 Å². The van der Waals surface area contributed by atoms with Gasteiger partial charge in [-0.15, -0.1) is 11.6 Å². The maximum absolute atomic E-state index is 5.64. The van der Waals surface area contributed by atoms with Crippen molar-refractivity contribution in [2.75, 3.05) is 0 Å². The predicted octanol–water partition coefficient (Wildman–Crippen LogP) is 3.61. The molecule has 1 aromatic carbocycles. The minimum Gasteiger partial charge on any atom is -0.423 e. The number of aromatic nitrogens is 2. The number of nitrogens with zero attached hydrogens (tertiary/aromatic N) is 2. The number of halogens is 2. The molecule has 0 amide bonds. The Labute approximate surface area is 112 Å². The van der Waals surface area contributed by atoms with E-state index in [1.807, 2.05) is 24.3 Å². The van der Waals surface area contributed by atoms with Crippen LogP contribution in [0, 0.1) is 3.57 Å². The van der Waals surface area contributed by atoms with Gasteiger partial charge in [-0.3, -0.25) is 0 Å². The molecule has 0 atom stereocenters. The average molecular weight is 347 g/mol. The van der Waals surface area contributed by atoms with Crippen LogP contribution in [-0.2, 0) is 5.88 Å². The zero-order valence-corrected chi connectivity index (χ0v) is 11.1. The Hall–Kier alpha value is -0.880. The largest absolute Gasteiger partial charge is 0.423 e. The van der Waals surface area contributed by atoms with Crippen LogP contribution >= 0.6 is 34.2 Å². The van der Waals surface area contributed by atoms with Crippen LogP contribution in [0.5, 0.6) is 11.8 Å². The van der Waals surface area contributed by atoms with E-state index in [2.05, 4.69) is 32.6 Å². The second-order valence-electron chi connectivity index (χ2n) is 3.04. The molecule has 1 heterocycles. The minimum atomic E-state index is 0.331. The molecule has 0 N–H and O–H groups in total. The summed E-state index contributed by atoms with van der Waals surface area (Å²) in [5.41, 5.74) is 0.872. The predicted molar refractivity (Wildman–Crippen MR) is 70.8 cm³/mol. The summed E-state index contributed by atoms with van der Waals surface area (Å²) in [6, 6.07) is 8.03. The van der Waals surface area contributed by atoms with Gasteiger partial charge in [0.05, 0.1) is 9.45 Å². The molecule has 0 radical (unpaired) electrons. The summed E-state index contributed by atoms with van der Waals surface area (Å²) < 4.78 is 6.55. The normalized spacial score (nSPS) is 10.1. The average Bonchev–Trinajstić information content (AvgIpc) is 2.33. The third-order valence-electron chi connectivity index (χ3n) is 1.87. The Bertz CT molecular complexity index is 476. The van der Waals surface area contributed by atoms with E-state index in [-0.39, 0.29) is 0 Å². The van der Waals surface area contributed by atoms with Gasteiger partial charge in [0.25, 0.3) is 0 Å². The second-order valence-corrected chi connectivity index (χ2v) is 4.47. The maximum Gasteiger partial charge on any atom is 0.321 e. The first kappa shape index (κ1) is 11.6. The van der Waals surface area contributed by atoms with Crippen molar-refractivity contribution in [1.82, 2.24) is 9.97 Å². The molecule has 3 nitrogen and oxygen atoms in total. The third-order valence-corrected chi connectivity index (χ3v) is 3.07. The molecule has 16 heavy (non-hydrogen) atoms. The van der Waals surface area contributed by atoms with Gasteiger partial charge in [-0.05, 0) is 34.7 Å². The van der Waals surface area contributed by atoms with E-state index in [4.69, 9.17) is 16.3 Å². The van der Waals surface area contributed by atoms with Gasteiger partial charge in [0.2, 0.25) is 0 Å². The van der Waals surface area contributed by atoms with E-state index in [9.17, 15) is 0 Å². The van der Waals surface area contributed by atoms with Crippen molar-refractivity contribution >= 4 is 34.2 Å². The molecule has 0 fully saturated rings. The third kappa shape index (κ3) is 2.82. The molecule has 0 aliphatic heterocycles. The Kier molecular flexibility index (Phi) is 3.95. The van der Waals surface area contributed by atoms with Crippen LogP contribution in [0.15, 0.2) is 36.7 Å². The number of hydrogen-bond donors (Lipinski definition) is 0. The molecule has 5 heteroatoms. The van der Waals surface area contributed by atoms with Crippen molar-refractivity contribution in [3.05, 3.63) is 45.8 Å². The standard InChI is InChI=1S/C11H8ClIN2O/c12-5-8-6-14-11(15-7-8)16-10-4-2-1-3-9(10)13/h1-4,6-7H,5H2. The molecule has 0 unspecified atom stereocenters. The van der Waals surface area contributed by atoms with Crippen LogP contribution in [0.1, 0.15) is 5.56 Å². The highest BCUT2D eigenvalue weighted by atomic mass is 127. The van der Waals surface area contributed by atoms with Crippen LogP contribution in [0.2, 0.25) is 0 Å². The molecule has 0 aliphatic carbocycles. The Morgan fingerprint density at radius 2 is 1.88 bits per heavy atom. The lowest BCUT2D eigenvalue weighted by Crippen LogP contribution is -1.93. The monoisotopic (exact) mass is 346 g/mol. The number of hydrogen-bond acceptors (Lipinski definition) is 3. The smallest absolute Gasteiger partial charge is 0.321 e. The molecule has 0 bridgehead atoms. The molecule has 2 aromatic rings. The van der Waals surface area contributed by atoms with E-state index >= 15 is 0 Å². The lowest BCUT2D eigenvalue weighted by Gasteiger charge is -2.05. The zero-order valence-electron chi connectivity index (χ0n) is 8.23. The summed E-state index contributed by atoms with van der Waals surface area (Å²) >= 11 is 7.84. The number of para-hydroxylation sites is 1. The highest BCUT2D eigenvalue weighted by molar-refractivity contribution is 14.1. The van der Waals surface area contributed by atoms with Gasteiger partial charge in [0, 0.05) is 18.0 Å². The molecule has 0 spiro atoms. The molecule has 0 saturated heterocycles. The van der Waals surface area contributed by atoms with Crippen LogP contribution in [0.4, 0.5) is 0 Å². The first-order chi connectivity index (χ1) is 7.79. The van der Waals surface area contributed by atoms with Crippen LogP contribution in [0.25, 0.3) is 0 Å². The Balaban J connectivity index is 2.18. The number of rotatable bonds is 3. The number of benzene rings is 1. The van der Waals surface area contributed by atoms with E-state index in [1.54, 1.807) is 12.4 Å². The zero-order chi connectivity index (χ0) is 11.4. The van der Waals surface area contributed by atoms with Gasteiger partial charge >= 0.3 is 6.01 Å². The fourth-order valence-electron chi connectivity index (χ4n) is 1.09. The lowest BCUT2D eigenvalue weighted by molar-refractivity contribution is 0.438. The van der Waals surface area contributed by atoms with E-state index < -0.39 is 0 Å². The van der Waals surface area contributed by atoms with Crippen LogP contribution in [-0.4, -0.2) is 9.97 Å². The molecular weight excluding hydrogens is 338 g/mol. The van der Waals surface area contributed by atoms with Gasteiger partial charge in [-0.1, -0.05) is 12.1 Å². The molecule has 0 saturated carbocycles. The van der Waals surface area contributed by atoms with Crippen molar-refractivity contribution in [3.8, 4) is 11.8 Å². The van der Waals surface area contributed by atoms with E-state index in [1.165, 1.54) is 0 Å². The van der Waals surface area contributed by atoms with Crippen molar-refractivity contribution < 1.29 is 4.74 Å². The first-order valence-electron chi connectivity index (χ1n) is 4.59. The van der Waals surface area contributed by atoms with Gasteiger partial charge in [-0.25, -0.2) is 9.97 Å². The fraction of sp³-hybridized carbons (Fsp3) is 0.0909. The molecular formula is C11H8ClIN2O. The summed E-state index contributed by atoms with van der Waals surface area (Å²) in [6.45, 7) is 0. The maximum atomic E-state index is 5.64. The van der Waals surface area contributed by atoms with Crippen LogP contribution in [0.3, 0.4) is 0 Å². The second kappa shape index (κ2) is 5.45. The van der Waals surface area contributed by atoms with Gasteiger partial charge in [0.1, 0.15) is 5.75 Å². The van der Waals surface area contributed by atoms with Crippen molar-refractivity contribution in [2.45, 2.75) is 5.88 Å². The molecule has 82 valence electrons. The molecule has 1 aromatic heterocycles. The van der Waals surface area contributed by atoms with Crippen molar-refractivity contribution in [3.63, 3.8) is 0 Å². The summed E-state index contributed by atoms with van der Waals surface area (Å²) in [5.74, 6) is 1.16. The molecule has 0 aliphatic rings. The number of alkyl halides is 1. The first-order valence-corrected chi connectivity index (χ1v) is 6.20. The van der Waals surface area contributed by atoms with E-state index in [0.717, 1.165) is 14.9 Å². The molecule has 2 rings (SSSR count). The SMILES string of the molecule is ClCc1cnc(Oc2ccccc2I)nc1. The topological polar surface area (TPSA) is 35.0 Å². The lowest BCUT2D eigenvalue weighted by atomic mass is 10.3. The van der Waals surface area contributed by atoms with Gasteiger partial charge < -0.3 is 4.74 Å². The Morgan fingerprint density at radius 3 is 2.50 bits per heavy atom. The van der Waals surface area contributed by atoms with Gasteiger partial charge in [-0.2, -0.15) is 0 Å². The minimum absolute atomic E-state index is 0.331. The highest BCUT2D eigenvalue weighted by Gasteiger charge is 2.03. The van der Waals surface area contributed by atoms with E-state index in [0.29, 0.717) is 11.9 Å². The fourth-order valence-corrected chi connectivity index (χ4v) is 1.73. The summed E-state index contributed by atoms with van der Waals surface area (Å²) in [5, 5.41) is 0. The van der Waals surface area contributed by atoms with Crippen molar-refractivity contribution in [1.29, 1.82) is 0 Å². The summed E-state index contributed by atoms with van der Waals surface area (Å²) in [6.07, 6.45) is 3.32. The Morgan fingerprint density at radius 1 is 1.19 bits per heavy atom.